The van der Waals surface area contributed by atoms with Gasteiger partial charge in [0.15, 0.2) is 0 Å². The molecule has 0 bridgehead atoms. The molecule has 0 saturated heterocycles. The second kappa shape index (κ2) is 10.2. The van der Waals surface area contributed by atoms with Gasteiger partial charge in [-0.2, -0.15) is 5.26 Å². The first-order valence-electron chi connectivity index (χ1n) is 8.81. The molecule has 0 spiro atoms. The first-order chi connectivity index (χ1) is 14.5. The van der Waals surface area contributed by atoms with Crippen LogP contribution < -0.4 is 10.1 Å². The van der Waals surface area contributed by atoms with Gasteiger partial charge < -0.3 is 10.1 Å². The predicted octanol–water partition coefficient (Wildman–Crippen LogP) is 6.48. The van der Waals surface area contributed by atoms with E-state index in [0.717, 1.165) is 5.56 Å². The number of amides is 1. The zero-order chi connectivity index (χ0) is 21.5. The lowest BCUT2D eigenvalue weighted by Gasteiger charge is -2.12. The Bertz CT molecular complexity index is 1100. The summed E-state index contributed by atoms with van der Waals surface area (Å²) in [6.07, 6.45) is 1.47. The number of nitriles is 1. The van der Waals surface area contributed by atoms with E-state index in [-0.39, 0.29) is 5.57 Å². The number of anilines is 1. The largest absolute Gasteiger partial charge is 0.487 e. The Kier molecular flexibility index (Phi) is 7.39. The maximum absolute atomic E-state index is 13.0. The molecule has 0 unspecified atom stereocenters. The zero-order valence-corrected chi connectivity index (χ0v) is 18.7. The van der Waals surface area contributed by atoms with E-state index < -0.39 is 11.7 Å². The Labute approximate surface area is 190 Å². The van der Waals surface area contributed by atoms with Crippen molar-refractivity contribution in [1.29, 1.82) is 5.26 Å². The molecule has 3 aromatic rings. The van der Waals surface area contributed by atoms with Gasteiger partial charge in [0.1, 0.15) is 29.8 Å². The quantitative estimate of drug-likeness (QED) is 0.294. The minimum absolute atomic E-state index is 0.0870. The lowest BCUT2D eigenvalue weighted by atomic mass is 10.1. The van der Waals surface area contributed by atoms with E-state index >= 15 is 0 Å². The summed E-state index contributed by atoms with van der Waals surface area (Å²) < 4.78 is 20.2. The topological polar surface area (TPSA) is 62.1 Å². The van der Waals surface area contributed by atoms with Gasteiger partial charge >= 0.3 is 0 Å². The number of halogens is 3. The third-order valence-electron chi connectivity index (χ3n) is 4.02. The van der Waals surface area contributed by atoms with Gasteiger partial charge in [-0.3, -0.25) is 4.79 Å². The van der Waals surface area contributed by atoms with Crippen molar-refractivity contribution < 1.29 is 13.9 Å². The highest BCUT2D eigenvalue weighted by atomic mass is 79.9. The summed E-state index contributed by atoms with van der Waals surface area (Å²) in [5.41, 5.74) is 1.97. The smallest absolute Gasteiger partial charge is 0.266 e. The molecule has 3 rings (SSSR count). The number of nitrogens with one attached hydrogen (secondary N) is 1. The number of rotatable bonds is 6. The first kappa shape index (κ1) is 21.8. The van der Waals surface area contributed by atoms with E-state index in [4.69, 9.17) is 4.74 Å². The second-order valence-corrected chi connectivity index (χ2v) is 7.93. The minimum Gasteiger partial charge on any atom is -0.487 e. The standard InChI is InChI=1S/C23H15Br2FN2O2/c24-20-11-16(12-21(25)22(20)30-14-15-4-2-1-3-5-15)10-17(13-27)23(29)28-19-8-6-18(26)7-9-19/h1-12H,14H2,(H,28,29)/b17-10+. The fourth-order valence-electron chi connectivity index (χ4n) is 2.58. The molecule has 0 saturated carbocycles. The molecule has 0 aliphatic heterocycles. The second-order valence-electron chi connectivity index (χ2n) is 6.22. The lowest BCUT2D eigenvalue weighted by Crippen LogP contribution is -2.13. The Morgan fingerprint density at radius 3 is 2.30 bits per heavy atom. The maximum Gasteiger partial charge on any atom is 0.266 e. The molecule has 30 heavy (non-hydrogen) atoms. The molecule has 0 atom stereocenters. The number of hydrogen-bond donors (Lipinski definition) is 1. The minimum atomic E-state index is -0.583. The summed E-state index contributed by atoms with van der Waals surface area (Å²) in [6.45, 7) is 0.400. The maximum atomic E-state index is 13.0. The van der Waals surface area contributed by atoms with Crippen LogP contribution in [0.3, 0.4) is 0 Å². The van der Waals surface area contributed by atoms with E-state index in [9.17, 15) is 14.4 Å². The molecule has 150 valence electrons. The number of nitrogens with zero attached hydrogens (tertiary/aromatic N) is 1. The van der Waals surface area contributed by atoms with Crippen molar-refractivity contribution in [2.24, 2.45) is 0 Å². The molecule has 4 nitrogen and oxygen atoms in total. The highest BCUT2D eigenvalue weighted by Crippen LogP contribution is 2.36. The van der Waals surface area contributed by atoms with Crippen molar-refractivity contribution in [2.45, 2.75) is 6.61 Å². The molecule has 0 aliphatic rings. The fraction of sp³-hybridized carbons (Fsp3) is 0.0435. The van der Waals surface area contributed by atoms with Crippen LogP contribution in [0, 0.1) is 17.1 Å². The Morgan fingerprint density at radius 2 is 1.70 bits per heavy atom. The van der Waals surface area contributed by atoms with Crippen molar-refractivity contribution in [3.05, 3.63) is 98.2 Å². The molecule has 7 heteroatoms. The van der Waals surface area contributed by atoms with E-state index in [1.807, 2.05) is 36.4 Å². The van der Waals surface area contributed by atoms with Crippen LogP contribution in [0.1, 0.15) is 11.1 Å². The molecule has 0 aliphatic carbocycles. The van der Waals surface area contributed by atoms with Crippen molar-refractivity contribution in [3.63, 3.8) is 0 Å². The van der Waals surface area contributed by atoms with Crippen LogP contribution in [-0.4, -0.2) is 5.91 Å². The molecule has 3 aromatic carbocycles. The Balaban J connectivity index is 1.76. The van der Waals surface area contributed by atoms with Gasteiger partial charge in [0.25, 0.3) is 5.91 Å². The van der Waals surface area contributed by atoms with Gasteiger partial charge in [-0.05, 0) is 85.5 Å². The number of benzene rings is 3. The molecule has 1 amide bonds. The molecular formula is C23H15Br2FN2O2. The summed E-state index contributed by atoms with van der Waals surface area (Å²) in [6, 6.07) is 20.5. The molecule has 1 N–H and O–H groups in total. The number of hydrogen-bond acceptors (Lipinski definition) is 3. The van der Waals surface area contributed by atoms with Crippen molar-refractivity contribution >= 4 is 49.5 Å². The third-order valence-corrected chi connectivity index (χ3v) is 5.20. The average Bonchev–Trinajstić information content (AvgIpc) is 2.73. The van der Waals surface area contributed by atoms with Crippen LogP contribution in [0.4, 0.5) is 10.1 Å². The lowest BCUT2D eigenvalue weighted by molar-refractivity contribution is -0.112. The van der Waals surface area contributed by atoms with Gasteiger partial charge in [-0.1, -0.05) is 30.3 Å². The monoisotopic (exact) mass is 528 g/mol. The van der Waals surface area contributed by atoms with E-state index in [0.29, 0.717) is 32.6 Å². The summed E-state index contributed by atoms with van der Waals surface area (Å²) in [7, 11) is 0. The number of ether oxygens (including phenoxy) is 1. The normalized spacial score (nSPS) is 10.9. The predicted molar refractivity (Wildman–Crippen MR) is 121 cm³/mol. The molecular weight excluding hydrogens is 515 g/mol. The number of carbonyl (C=O) groups excluding carboxylic acids is 1. The third kappa shape index (κ3) is 5.78. The molecule has 0 heterocycles. The SMILES string of the molecule is N#C/C(=C\c1cc(Br)c(OCc2ccccc2)c(Br)c1)C(=O)Nc1ccc(F)cc1. The summed E-state index contributed by atoms with van der Waals surface area (Å²) in [5, 5.41) is 12.0. The van der Waals surface area contributed by atoms with Crippen molar-refractivity contribution in [1.82, 2.24) is 0 Å². The molecule has 0 aromatic heterocycles. The molecule has 0 fully saturated rings. The summed E-state index contributed by atoms with van der Waals surface area (Å²) in [5.74, 6) is -0.376. The van der Waals surface area contributed by atoms with Crippen LogP contribution in [0.25, 0.3) is 6.08 Å². The van der Waals surface area contributed by atoms with Gasteiger partial charge in [-0.15, -0.1) is 0 Å². The van der Waals surface area contributed by atoms with Gasteiger partial charge in [0.2, 0.25) is 0 Å². The zero-order valence-electron chi connectivity index (χ0n) is 15.5. The molecule has 0 radical (unpaired) electrons. The highest BCUT2D eigenvalue weighted by molar-refractivity contribution is 9.11. The van der Waals surface area contributed by atoms with Crippen LogP contribution >= 0.6 is 31.9 Å². The van der Waals surface area contributed by atoms with Gasteiger partial charge in [0, 0.05) is 5.69 Å². The van der Waals surface area contributed by atoms with Crippen LogP contribution in [0.15, 0.2) is 81.2 Å². The summed E-state index contributed by atoms with van der Waals surface area (Å²) in [4.78, 5) is 12.4. The number of carbonyl (C=O) groups is 1. The highest BCUT2D eigenvalue weighted by Gasteiger charge is 2.13. The summed E-state index contributed by atoms with van der Waals surface area (Å²) >= 11 is 6.96. The van der Waals surface area contributed by atoms with Crippen molar-refractivity contribution in [2.75, 3.05) is 5.32 Å². The van der Waals surface area contributed by atoms with Crippen LogP contribution in [0.5, 0.6) is 5.75 Å². The van der Waals surface area contributed by atoms with E-state index in [2.05, 4.69) is 37.2 Å². The van der Waals surface area contributed by atoms with Crippen LogP contribution in [0.2, 0.25) is 0 Å². The van der Waals surface area contributed by atoms with Gasteiger partial charge in [-0.25, -0.2) is 4.39 Å². The Morgan fingerprint density at radius 1 is 1.07 bits per heavy atom. The van der Waals surface area contributed by atoms with E-state index in [1.165, 1.54) is 30.3 Å². The van der Waals surface area contributed by atoms with Crippen molar-refractivity contribution in [3.8, 4) is 11.8 Å². The van der Waals surface area contributed by atoms with E-state index in [1.54, 1.807) is 12.1 Å². The Hall–Kier alpha value is -2.95. The first-order valence-corrected chi connectivity index (χ1v) is 10.4. The van der Waals surface area contributed by atoms with Crippen LogP contribution in [-0.2, 0) is 11.4 Å². The van der Waals surface area contributed by atoms with Gasteiger partial charge in [0.05, 0.1) is 8.95 Å². The fourth-order valence-corrected chi connectivity index (χ4v) is 4.03. The average molecular weight is 530 g/mol.